The second-order valence-electron chi connectivity index (χ2n) is 2.56. The zero-order chi connectivity index (χ0) is 7.84. The van der Waals surface area contributed by atoms with E-state index in [-0.39, 0.29) is 11.9 Å². The molecule has 0 saturated heterocycles. The van der Waals surface area contributed by atoms with E-state index in [1.54, 1.807) is 12.4 Å². The van der Waals surface area contributed by atoms with Crippen molar-refractivity contribution in [2.45, 2.75) is 12.8 Å². The Hall–Kier alpha value is -1.38. The van der Waals surface area contributed by atoms with Crippen LogP contribution in [0.4, 0.5) is 0 Å². The van der Waals surface area contributed by atoms with Gasteiger partial charge >= 0.3 is 5.97 Å². The number of aromatic nitrogens is 1. The Kier molecular flexibility index (Phi) is 1.18. The van der Waals surface area contributed by atoms with Crippen molar-refractivity contribution in [1.82, 2.24) is 4.98 Å². The lowest BCUT2D eigenvalue weighted by Gasteiger charge is -1.94. The van der Waals surface area contributed by atoms with Crippen LogP contribution in [0.5, 0.6) is 5.75 Å². The molecule has 1 aliphatic heterocycles. The van der Waals surface area contributed by atoms with Gasteiger partial charge in [0.15, 0.2) is 5.75 Å². The van der Waals surface area contributed by atoms with Crippen LogP contribution >= 0.6 is 0 Å². The molecule has 0 N–H and O–H groups in total. The van der Waals surface area contributed by atoms with E-state index in [0.717, 1.165) is 5.56 Å². The molecule has 1 atom stereocenters. The van der Waals surface area contributed by atoms with E-state index in [4.69, 9.17) is 4.74 Å². The smallest absolute Gasteiger partial charge is 0.318 e. The minimum atomic E-state index is -0.187. The molecule has 0 radical (unpaired) electrons. The number of hydrogen-bond donors (Lipinski definition) is 0. The van der Waals surface area contributed by atoms with Crippen LogP contribution in [0.3, 0.4) is 0 Å². The van der Waals surface area contributed by atoms with Crippen LogP contribution in [0.15, 0.2) is 18.5 Å². The number of hydrogen-bond acceptors (Lipinski definition) is 3. The van der Waals surface area contributed by atoms with Crippen molar-refractivity contribution in [2.24, 2.45) is 0 Å². The fourth-order valence-corrected chi connectivity index (χ4v) is 1.16. The topological polar surface area (TPSA) is 39.2 Å². The second kappa shape index (κ2) is 2.05. The zero-order valence-corrected chi connectivity index (χ0v) is 6.07. The summed E-state index contributed by atoms with van der Waals surface area (Å²) in [5.74, 6) is 0.283. The highest BCUT2D eigenvalue weighted by molar-refractivity contribution is 5.85. The van der Waals surface area contributed by atoms with Crippen LogP contribution in [0, 0.1) is 0 Å². The monoisotopic (exact) mass is 149 g/mol. The van der Waals surface area contributed by atoms with Crippen molar-refractivity contribution >= 4 is 5.97 Å². The summed E-state index contributed by atoms with van der Waals surface area (Å²) in [7, 11) is 0. The van der Waals surface area contributed by atoms with Crippen molar-refractivity contribution in [1.29, 1.82) is 0 Å². The zero-order valence-electron chi connectivity index (χ0n) is 6.07. The van der Waals surface area contributed by atoms with Crippen LogP contribution in [-0.2, 0) is 4.79 Å². The molecule has 56 valence electrons. The molecular weight excluding hydrogens is 142 g/mol. The highest BCUT2D eigenvalue weighted by Gasteiger charge is 2.28. The summed E-state index contributed by atoms with van der Waals surface area (Å²) in [5, 5.41) is 0. The molecule has 0 aliphatic carbocycles. The van der Waals surface area contributed by atoms with Gasteiger partial charge in [0.05, 0.1) is 12.1 Å². The number of ether oxygens (including phenoxy) is 1. The Morgan fingerprint density at radius 1 is 1.64 bits per heavy atom. The number of nitrogens with zero attached hydrogens (tertiary/aromatic N) is 1. The number of fused-ring (bicyclic) bond motifs is 1. The largest absolute Gasteiger partial charge is 0.424 e. The Morgan fingerprint density at radius 2 is 2.45 bits per heavy atom. The molecule has 11 heavy (non-hydrogen) atoms. The molecule has 0 amide bonds. The second-order valence-corrected chi connectivity index (χ2v) is 2.56. The molecule has 1 aliphatic rings. The third-order valence-electron chi connectivity index (χ3n) is 1.85. The number of esters is 1. The summed E-state index contributed by atoms with van der Waals surface area (Å²) in [5.41, 5.74) is 0.935. The quantitative estimate of drug-likeness (QED) is 0.518. The summed E-state index contributed by atoms with van der Waals surface area (Å²) in [6.45, 7) is 1.83. The predicted molar refractivity (Wildman–Crippen MR) is 38.3 cm³/mol. The van der Waals surface area contributed by atoms with Crippen molar-refractivity contribution < 1.29 is 9.53 Å². The Balaban J connectivity index is 2.55. The lowest BCUT2D eigenvalue weighted by atomic mass is 10.1. The number of rotatable bonds is 0. The lowest BCUT2D eigenvalue weighted by Crippen LogP contribution is -2.05. The minimum Gasteiger partial charge on any atom is -0.424 e. The summed E-state index contributed by atoms with van der Waals surface area (Å²) >= 11 is 0. The normalized spacial score (nSPS) is 21.2. The minimum absolute atomic E-state index is 0.131. The van der Waals surface area contributed by atoms with E-state index in [1.807, 2.05) is 13.0 Å². The van der Waals surface area contributed by atoms with Crippen molar-refractivity contribution in [3.05, 3.63) is 24.0 Å². The third-order valence-corrected chi connectivity index (χ3v) is 1.85. The summed E-state index contributed by atoms with van der Waals surface area (Å²) in [6.07, 6.45) is 3.23. The molecule has 2 heterocycles. The standard InChI is InChI=1S/C8H7NO2/c1-5-6-2-3-9-4-7(6)11-8(5)10/h2-5H,1H3. The summed E-state index contributed by atoms with van der Waals surface area (Å²) in [6, 6.07) is 1.81. The Labute approximate surface area is 64.0 Å². The van der Waals surface area contributed by atoms with Gasteiger partial charge in [-0.2, -0.15) is 0 Å². The maximum atomic E-state index is 11.0. The highest BCUT2D eigenvalue weighted by Crippen LogP contribution is 2.32. The molecular formula is C8H7NO2. The van der Waals surface area contributed by atoms with E-state index in [9.17, 15) is 4.79 Å². The molecule has 0 aromatic carbocycles. The number of carbonyl (C=O) groups is 1. The van der Waals surface area contributed by atoms with Gasteiger partial charge in [0.25, 0.3) is 0 Å². The van der Waals surface area contributed by atoms with Gasteiger partial charge in [0.1, 0.15) is 0 Å². The van der Waals surface area contributed by atoms with Gasteiger partial charge in [-0.3, -0.25) is 9.78 Å². The van der Waals surface area contributed by atoms with Crippen molar-refractivity contribution in [2.75, 3.05) is 0 Å². The van der Waals surface area contributed by atoms with E-state index < -0.39 is 0 Å². The van der Waals surface area contributed by atoms with Gasteiger partial charge < -0.3 is 4.74 Å². The first-order valence-electron chi connectivity index (χ1n) is 3.44. The molecule has 0 bridgehead atoms. The number of carbonyl (C=O) groups excluding carboxylic acids is 1. The summed E-state index contributed by atoms with van der Waals surface area (Å²) < 4.78 is 4.92. The summed E-state index contributed by atoms with van der Waals surface area (Å²) in [4.78, 5) is 14.8. The third kappa shape index (κ3) is 0.808. The average Bonchev–Trinajstić information content (AvgIpc) is 2.30. The van der Waals surface area contributed by atoms with Gasteiger partial charge in [-0.15, -0.1) is 0 Å². The fraction of sp³-hybridized carbons (Fsp3) is 0.250. The lowest BCUT2D eigenvalue weighted by molar-refractivity contribution is -0.133. The SMILES string of the molecule is CC1C(=O)Oc2cnccc21. The van der Waals surface area contributed by atoms with Crippen molar-refractivity contribution in [3.63, 3.8) is 0 Å². The van der Waals surface area contributed by atoms with Crippen molar-refractivity contribution in [3.8, 4) is 5.75 Å². The maximum absolute atomic E-state index is 11.0. The predicted octanol–water partition coefficient (Wildman–Crippen LogP) is 1.10. The van der Waals surface area contributed by atoms with Gasteiger partial charge in [-0.25, -0.2) is 0 Å². The van der Waals surface area contributed by atoms with Gasteiger partial charge in [-0.1, -0.05) is 0 Å². The van der Waals surface area contributed by atoms with Crippen LogP contribution in [0.1, 0.15) is 18.4 Å². The van der Waals surface area contributed by atoms with E-state index in [0.29, 0.717) is 5.75 Å². The van der Waals surface area contributed by atoms with Crippen LogP contribution in [-0.4, -0.2) is 11.0 Å². The molecule has 0 fully saturated rings. The first kappa shape index (κ1) is 6.34. The van der Waals surface area contributed by atoms with Gasteiger partial charge in [-0.05, 0) is 13.0 Å². The molecule has 3 nitrogen and oxygen atoms in total. The van der Waals surface area contributed by atoms with E-state index >= 15 is 0 Å². The first-order chi connectivity index (χ1) is 5.29. The Morgan fingerprint density at radius 3 is 3.18 bits per heavy atom. The molecule has 3 heteroatoms. The molecule has 0 saturated carbocycles. The molecule has 2 rings (SSSR count). The van der Waals surface area contributed by atoms with Gasteiger partial charge in [0.2, 0.25) is 0 Å². The molecule has 1 aromatic rings. The van der Waals surface area contributed by atoms with E-state index in [2.05, 4.69) is 4.98 Å². The molecule has 1 unspecified atom stereocenters. The highest BCUT2D eigenvalue weighted by atomic mass is 16.5. The number of pyridine rings is 1. The fourth-order valence-electron chi connectivity index (χ4n) is 1.16. The van der Waals surface area contributed by atoms with Crippen LogP contribution in [0.25, 0.3) is 0 Å². The first-order valence-corrected chi connectivity index (χ1v) is 3.44. The maximum Gasteiger partial charge on any atom is 0.318 e. The Bertz CT molecular complexity index is 309. The van der Waals surface area contributed by atoms with Crippen LogP contribution < -0.4 is 4.74 Å². The molecule has 1 aromatic heterocycles. The average molecular weight is 149 g/mol. The molecule has 0 spiro atoms. The van der Waals surface area contributed by atoms with E-state index in [1.165, 1.54) is 0 Å². The van der Waals surface area contributed by atoms with Crippen LogP contribution in [0.2, 0.25) is 0 Å². The van der Waals surface area contributed by atoms with Gasteiger partial charge in [0, 0.05) is 11.8 Å².